The second kappa shape index (κ2) is 5.19. The van der Waals surface area contributed by atoms with Crippen LogP contribution in [-0.2, 0) is 0 Å². The lowest BCUT2D eigenvalue weighted by Crippen LogP contribution is -2.47. The van der Waals surface area contributed by atoms with Crippen LogP contribution in [0, 0.1) is 5.92 Å². The van der Waals surface area contributed by atoms with Gasteiger partial charge in [0.15, 0.2) is 0 Å². The van der Waals surface area contributed by atoms with Gasteiger partial charge in [-0.25, -0.2) is 0 Å². The van der Waals surface area contributed by atoms with Crippen LogP contribution in [0.5, 0.6) is 0 Å². The van der Waals surface area contributed by atoms with Gasteiger partial charge in [-0.2, -0.15) is 0 Å². The highest BCUT2D eigenvalue weighted by Crippen LogP contribution is 2.32. The molecule has 0 bridgehead atoms. The van der Waals surface area contributed by atoms with Crippen LogP contribution in [0.2, 0.25) is 0 Å². The van der Waals surface area contributed by atoms with Crippen LogP contribution in [0.4, 0.5) is 11.4 Å². The first kappa shape index (κ1) is 12.9. The average molecular weight is 282 g/mol. The maximum absolute atomic E-state index is 6.05. The number of piperazine rings is 1. The topological polar surface area (TPSA) is 45.4 Å². The summed E-state index contributed by atoms with van der Waals surface area (Å²) in [5.41, 5.74) is 9.02. The second-order valence-corrected chi connectivity index (χ2v) is 6.30. The summed E-state index contributed by atoms with van der Waals surface area (Å²) in [5, 5.41) is 1.17. The van der Waals surface area contributed by atoms with Gasteiger partial charge in [-0.1, -0.05) is 0 Å². The quantitative estimate of drug-likeness (QED) is 0.878. The molecule has 4 nitrogen and oxygen atoms in total. The fourth-order valence-electron chi connectivity index (χ4n) is 3.29. The van der Waals surface area contributed by atoms with Gasteiger partial charge in [0.1, 0.15) is 0 Å². The monoisotopic (exact) mass is 282 g/mol. The van der Waals surface area contributed by atoms with E-state index in [9.17, 15) is 0 Å². The van der Waals surface area contributed by atoms with Crippen LogP contribution >= 0.6 is 0 Å². The summed E-state index contributed by atoms with van der Waals surface area (Å²) >= 11 is 0. The van der Waals surface area contributed by atoms with Crippen LogP contribution in [0.15, 0.2) is 30.5 Å². The van der Waals surface area contributed by atoms with E-state index in [2.05, 4.69) is 26.9 Å². The van der Waals surface area contributed by atoms with Crippen molar-refractivity contribution < 1.29 is 0 Å². The van der Waals surface area contributed by atoms with Crippen molar-refractivity contribution in [3.63, 3.8) is 0 Å². The number of rotatable bonds is 3. The van der Waals surface area contributed by atoms with Crippen molar-refractivity contribution in [2.45, 2.75) is 12.8 Å². The first-order valence-electron chi connectivity index (χ1n) is 7.92. The van der Waals surface area contributed by atoms with Gasteiger partial charge in [-0.3, -0.25) is 9.88 Å². The Labute approximate surface area is 125 Å². The number of anilines is 2. The predicted molar refractivity (Wildman–Crippen MR) is 87.5 cm³/mol. The van der Waals surface area contributed by atoms with Gasteiger partial charge in [0.2, 0.25) is 0 Å². The summed E-state index contributed by atoms with van der Waals surface area (Å²) in [7, 11) is 0. The number of hydrogen-bond donors (Lipinski definition) is 1. The number of nitrogens with two attached hydrogens (primary N) is 1. The number of nitrogens with zero attached hydrogens (tertiary/aromatic N) is 3. The minimum absolute atomic E-state index is 0.765. The lowest BCUT2D eigenvalue weighted by molar-refractivity contribution is 0.248. The first-order chi connectivity index (χ1) is 10.3. The molecule has 4 heteroatoms. The standard InChI is InChI=1S/C17H22N4/c18-15-5-6-16(14-2-1-7-19-17(14)15)21-10-8-20(9-11-21)12-13-3-4-13/h1-2,5-7,13H,3-4,8-12,18H2. The minimum atomic E-state index is 0.765. The largest absolute Gasteiger partial charge is 0.397 e. The van der Waals surface area contributed by atoms with Crippen LogP contribution in [-0.4, -0.2) is 42.6 Å². The number of benzene rings is 1. The molecule has 0 atom stereocenters. The zero-order chi connectivity index (χ0) is 14.2. The van der Waals surface area contributed by atoms with Crippen LogP contribution in [0.25, 0.3) is 10.9 Å². The molecule has 1 saturated heterocycles. The van der Waals surface area contributed by atoms with E-state index >= 15 is 0 Å². The van der Waals surface area contributed by atoms with E-state index in [1.807, 2.05) is 18.3 Å². The average Bonchev–Trinajstić information content (AvgIpc) is 3.33. The summed E-state index contributed by atoms with van der Waals surface area (Å²) in [6.45, 7) is 5.84. The molecule has 1 aliphatic carbocycles. The number of fused-ring (bicyclic) bond motifs is 1. The smallest absolute Gasteiger partial charge is 0.0951 e. The fourth-order valence-corrected chi connectivity index (χ4v) is 3.29. The van der Waals surface area contributed by atoms with Gasteiger partial charge >= 0.3 is 0 Å². The van der Waals surface area contributed by atoms with Crippen LogP contribution in [0.3, 0.4) is 0 Å². The Morgan fingerprint density at radius 3 is 2.67 bits per heavy atom. The first-order valence-corrected chi connectivity index (χ1v) is 7.92. The third kappa shape index (κ3) is 2.56. The summed E-state index contributed by atoms with van der Waals surface area (Å²) in [4.78, 5) is 9.53. The van der Waals surface area contributed by atoms with Gasteiger partial charge in [-0.05, 0) is 43.0 Å². The molecule has 0 amide bonds. The zero-order valence-corrected chi connectivity index (χ0v) is 12.3. The van der Waals surface area contributed by atoms with Crippen molar-refractivity contribution in [3.05, 3.63) is 30.5 Å². The van der Waals surface area contributed by atoms with E-state index in [0.717, 1.165) is 30.2 Å². The number of aromatic nitrogens is 1. The Kier molecular flexibility index (Phi) is 3.19. The molecule has 4 rings (SSSR count). The van der Waals surface area contributed by atoms with Crippen molar-refractivity contribution >= 4 is 22.3 Å². The Morgan fingerprint density at radius 2 is 1.90 bits per heavy atom. The third-order valence-electron chi connectivity index (χ3n) is 4.70. The molecule has 2 heterocycles. The number of pyridine rings is 1. The van der Waals surface area contributed by atoms with Gasteiger partial charge in [0, 0.05) is 50.0 Å². The summed E-state index contributed by atoms with van der Waals surface area (Å²) in [6, 6.07) is 8.26. The molecule has 2 aliphatic rings. The second-order valence-electron chi connectivity index (χ2n) is 6.30. The molecule has 0 spiro atoms. The molecule has 0 unspecified atom stereocenters. The maximum Gasteiger partial charge on any atom is 0.0951 e. The van der Waals surface area contributed by atoms with Crippen LogP contribution in [0.1, 0.15) is 12.8 Å². The molecule has 0 radical (unpaired) electrons. The van der Waals surface area contributed by atoms with Gasteiger partial charge in [-0.15, -0.1) is 0 Å². The minimum Gasteiger partial charge on any atom is -0.397 e. The van der Waals surface area contributed by atoms with E-state index in [1.165, 1.54) is 43.5 Å². The maximum atomic E-state index is 6.05. The lowest BCUT2D eigenvalue weighted by Gasteiger charge is -2.36. The van der Waals surface area contributed by atoms with E-state index in [-0.39, 0.29) is 0 Å². The van der Waals surface area contributed by atoms with Crippen molar-refractivity contribution in [2.75, 3.05) is 43.4 Å². The van der Waals surface area contributed by atoms with Gasteiger partial charge < -0.3 is 10.6 Å². The SMILES string of the molecule is Nc1ccc(N2CCN(CC3CC3)CC2)c2cccnc12. The van der Waals surface area contributed by atoms with Crippen molar-refractivity contribution in [1.29, 1.82) is 0 Å². The predicted octanol–water partition coefficient (Wildman–Crippen LogP) is 2.35. The van der Waals surface area contributed by atoms with Gasteiger partial charge in [0.05, 0.1) is 11.2 Å². The molecular formula is C17H22N4. The van der Waals surface area contributed by atoms with E-state index in [4.69, 9.17) is 5.73 Å². The van der Waals surface area contributed by atoms with E-state index in [1.54, 1.807) is 0 Å². The molecule has 2 fully saturated rings. The van der Waals surface area contributed by atoms with Crippen LogP contribution < -0.4 is 10.6 Å². The Balaban J connectivity index is 1.55. The third-order valence-corrected chi connectivity index (χ3v) is 4.70. The molecule has 110 valence electrons. The molecule has 2 N–H and O–H groups in total. The highest BCUT2D eigenvalue weighted by atomic mass is 15.3. The normalized spacial score (nSPS) is 20.1. The summed E-state index contributed by atoms with van der Waals surface area (Å²) < 4.78 is 0. The van der Waals surface area contributed by atoms with Crippen molar-refractivity contribution in [1.82, 2.24) is 9.88 Å². The molecule has 1 aromatic heterocycles. The molecular weight excluding hydrogens is 260 g/mol. The molecule has 1 aromatic carbocycles. The molecule has 21 heavy (non-hydrogen) atoms. The Bertz CT molecular complexity index is 642. The van der Waals surface area contributed by atoms with Crippen molar-refractivity contribution in [2.24, 2.45) is 5.92 Å². The highest BCUT2D eigenvalue weighted by molar-refractivity contribution is 5.98. The number of nitrogen functional groups attached to an aromatic ring is 1. The van der Waals surface area contributed by atoms with Crippen molar-refractivity contribution in [3.8, 4) is 0 Å². The molecule has 1 aliphatic heterocycles. The van der Waals surface area contributed by atoms with Gasteiger partial charge in [0.25, 0.3) is 0 Å². The molecule has 2 aromatic rings. The van der Waals surface area contributed by atoms with E-state index in [0.29, 0.717) is 0 Å². The highest BCUT2D eigenvalue weighted by Gasteiger charge is 2.26. The Hall–Kier alpha value is -1.81. The van der Waals surface area contributed by atoms with E-state index < -0.39 is 0 Å². The Morgan fingerprint density at radius 1 is 1.10 bits per heavy atom. The summed E-state index contributed by atoms with van der Waals surface area (Å²) in [5.74, 6) is 0.984. The molecule has 1 saturated carbocycles. The fraction of sp³-hybridized carbons (Fsp3) is 0.471. The zero-order valence-electron chi connectivity index (χ0n) is 12.3. The number of hydrogen-bond acceptors (Lipinski definition) is 4. The lowest BCUT2D eigenvalue weighted by atomic mass is 10.1. The summed E-state index contributed by atoms with van der Waals surface area (Å²) in [6.07, 6.45) is 4.69.